The van der Waals surface area contributed by atoms with Crippen LogP contribution in [0, 0.1) is 18.0 Å². The van der Waals surface area contributed by atoms with E-state index >= 15 is 0 Å². The lowest BCUT2D eigenvalue weighted by Gasteiger charge is -2.22. The molecule has 41 heavy (non-hydrogen) atoms. The van der Waals surface area contributed by atoms with Gasteiger partial charge in [-0.25, -0.2) is 0 Å². The van der Waals surface area contributed by atoms with E-state index in [4.69, 9.17) is 23.3 Å². The van der Waals surface area contributed by atoms with Crippen molar-refractivity contribution in [3.8, 4) is 23.0 Å². The van der Waals surface area contributed by atoms with E-state index in [0.717, 1.165) is 12.7 Å². The molecule has 2 rings (SSSR count). The van der Waals surface area contributed by atoms with Crippen molar-refractivity contribution < 1.29 is 42.5 Å². The third-order valence-electron chi connectivity index (χ3n) is 5.71. The molecule has 228 valence electrons. The maximum atomic E-state index is 13.5. The highest BCUT2D eigenvalue weighted by Crippen LogP contribution is 2.49. The molecule has 0 aromatic heterocycles. The zero-order valence-corrected chi connectivity index (χ0v) is 29.9. The van der Waals surface area contributed by atoms with E-state index in [1.807, 2.05) is 13.8 Å². The first-order valence-corrected chi connectivity index (χ1v) is 16.9. The number of aromatic hydroxyl groups is 1. The fourth-order valence-corrected chi connectivity index (χ4v) is 6.23. The summed E-state index contributed by atoms with van der Waals surface area (Å²) in [7, 11) is -3.93. The van der Waals surface area contributed by atoms with Gasteiger partial charge in [-0.3, -0.25) is 18.7 Å². The predicted octanol–water partition coefficient (Wildman–Crippen LogP) is 8.63. The Morgan fingerprint density at radius 2 is 1.54 bits per heavy atom. The number of rotatable bonds is 13. The van der Waals surface area contributed by atoms with Crippen LogP contribution in [-0.4, -0.2) is 36.6 Å². The lowest BCUT2D eigenvalue weighted by atomic mass is 9.89. The van der Waals surface area contributed by atoms with Crippen molar-refractivity contribution in [1.82, 2.24) is 0 Å². The highest BCUT2D eigenvalue weighted by Gasteiger charge is 2.30. The molecule has 0 bridgehead atoms. The molecule has 0 spiro atoms. The SMILES string of the molecule is CC(C)c1cc(Oc2c(I)cc(OCP(=O)(OCCC(=O)C(C)(C)C)OCOC(=O)C(C)(C)C)cc2I)ccc1O. The molecule has 0 aliphatic rings. The second-order valence-electron chi connectivity index (χ2n) is 11.8. The van der Waals surface area contributed by atoms with E-state index in [1.165, 1.54) is 0 Å². The Morgan fingerprint density at radius 1 is 0.927 bits per heavy atom. The number of hydrogen-bond donors (Lipinski definition) is 1. The Hall–Kier alpha value is -1.41. The topological polar surface area (TPSA) is 118 Å². The molecule has 0 radical (unpaired) electrons. The third kappa shape index (κ3) is 11.3. The Balaban J connectivity index is 2.17. The van der Waals surface area contributed by atoms with Crippen LogP contribution in [0.25, 0.3) is 0 Å². The summed E-state index contributed by atoms with van der Waals surface area (Å²) in [4.78, 5) is 24.4. The van der Waals surface area contributed by atoms with Gasteiger partial charge in [-0.2, -0.15) is 0 Å². The molecule has 0 amide bonds. The van der Waals surface area contributed by atoms with Crippen molar-refractivity contribution in [2.24, 2.45) is 10.8 Å². The standard InChI is InChI=1S/C29H39I2O9P/c1-18(2)21-13-19(9-10-24(21)32)40-26-22(30)14-20(15-23(26)31)37-17-41(35,38-12-11-25(33)28(3,4)5)39-16-36-27(34)29(6,7)8/h9-10,13-15,18,32H,11-12,16-17H2,1-8H3. The number of ketones is 1. The molecule has 0 saturated carbocycles. The first kappa shape index (κ1) is 35.8. The summed E-state index contributed by atoms with van der Waals surface area (Å²) in [6.07, 6.45) is -0.428. The van der Waals surface area contributed by atoms with E-state index in [2.05, 4.69) is 45.2 Å². The van der Waals surface area contributed by atoms with E-state index < -0.39 is 37.5 Å². The van der Waals surface area contributed by atoms with Crippen molar-refractivity contribution in [3.05, 3.63) is 43.0 Å². The number of esters is 1. The summed E-state index contributed by atoms with van der Waals surface area (Å²) >= 11 is 4.23. The van der Waals surface area contributed by atoms with Crippen molar-refractivity contribution >= 4 is 64.5 Å². The molecule has 0 heterocycles. The lowest BCUT2D eigenvalue weighted by Crippen LogP contribution is -2.24. The number of phenolic OH excluding ortho intramolecular Hbond substituents is 1. The van der Waals surface area contributed by atoms with Crippen LogP contribution in [0.3, 0.4) is 0 Å². The first-order chi connectivity index (χ1) is 18.8. The molecule has 0 aliphatic carbocycles. The van der Waals surface area contributed by atoms with Crippen LogP contribution in [0.4, 0.5) is 0 Å². The normalized spacial score (nSPS) is 13.5. The molecular formula is C29H39I2O9P. The molecule has 1 N–H and O–H groups in total. The maximum Gasteiger partial charge on any atom is 0.370 e. The monoisotopic (exact) mass is 816 g/mol. The molecule has 12 heteroatoms. The van der Waals surface area contributed by atoms with Gasteiger partial charge < -0.3 is 23.8 Å². The van der Waals surface area contributed by atoms with Crippen LogP contribution >= 0.6 is 52.8 Å². The summed E-state index contributed by atoms with van der Waals surface area (Å²) in [6, 6.07) is 8.54. The fraction of sp³-hybridized carbons (Fsp3) is 0.517. The van der Waals surface area contributed by atoms with Gasteiger partial charge in [0, 0.05) is 17.4 Å². The second kappa shape index (κ2) is 14.9. The minimum Gasteiger partial charge on any atom is -0.508 e. The summed E-state index contributed by atoms with van der Waals surface area (Å²) in [5.74, 6) is 1.33. The van der Waals surface area contributed by atoms with Gasteiger partial charge in [0.05, 0.1) is 19.2 Å². The average Bonchev–Trinajstić information content (AvgIpc) is 2.84. The number of halogens is 2. The number of phenols is 1. The minimum absolute atomic E-state index is 0.0379. The molecule has 2 aromatic carbocycles. The number of ether oxygens (including phenoxy) is 3. The lowest BCUT2D eigenvalue weighted by molar-refractivity contribution is -0.160. The van der Waals surface area contributed by atoms with Crippen molar-refractivity contribution in [3.63, 3.8) is 0 Å². The number of Topliss-reactive ketones (excluding diaryl/α,β-unsaturated/α-hetero) is 1. The number of benzene rings is 2. The summed E-state index contributed by atoms with van der Waals surface area (Å²) in [5.41, 5.74) is -0.557. The van der Waals surface area contributed by atoms with Crippen LogP contribution in [0.5, 0.6) is 23.0 Å². The highest BCUT2D eigenvalue weighted by molar-refractivity contribution is 14.1. The third-order valence-corrected chi connectivity index (χ3v) is 8.83. The largest absolute Gasteiger partial charge is 0.508 e. The van der Waals surface area contributed by atoms with E-state index in [0.29, 0.717) is 17.2 Å². The van der Waals surface area contributed by atoms with Gasteiger partial charge in [-0.15, -0.1) is 0 Å². The maximum absolute atomic E-state index is 13.5. The van der Waals surface area contributed by atoms with Gasteiger partial charge in [0.1, 0.15) is 23.0 Å². The van der Waals surface area contributed by atoms with Gasteiger partial charge in [0.15, 0.2) is 12.1 Å². The first-order valence-electron chi connectivity index (χ1n) is 13.0. The van der Waals surface area contributed by atoms with Crippen molar-refractivity contribution in [2.75, 3.05) is 19.7 Å². The number of carbonyl (C=O) groups is 2. The Kier molecular flexibility index (Phi) is 13.0. The van der Waals surface area contributed by atoms with Gasteiger partial charge >= 0.3 is 13.6 Å². The fourth-order valence-electron chi connectivity index (χ4n) is 3.19. The Labute approximate surface area is 269 Å². The van der Waals surface area contributed by atoms with Gasteiger partial charge in [-0.05, 0) is 102 Å². The Bertz CT molecular complexity index is 1220. The average molecular weight is 816 g/mol. The van der Waals surface area contributed by atoms with Crippen LogP contribution in [0.2, 0.25) is 0 Å². The van der Waals surface area contributed by atoms with Crippen molar-refractivity contribution in [1.29, 1.82) is 0 Å². The zero-order valence-electron chi connectivity index (χ0n) is 24.7. The van der Waals surface area contributed by atoms with Gasteiger partial charge in [0.2, 0.25) is 6.79 Å². The minimum atomic E-state index is -3.93. The van der Waals surface area contributed by atoms with Crippen molar-refractivity contribution in [2.45, 2.75) is 67.7 Å². The van der Waals surface area contributed by atoms with Crippen LogP contribution in [0.15, 0.2) is 30.3 Å². The molecule has 0 aliphatic heterocycles. The van der Waals surface area contributed by atoms with Crippen LogP contribution < -0.4 is 9.47 Å². The second-order valence-corrected chi connectivity index (χ2v) is 16.1. The molecule has 0 fully saturated rings. The quantitative estimate of drug-likeness (QED) is 0.0918. The summed E-state index contributed by atoms with van der Waals surface area (Å²) in [5, 5.41) is 10.1. The van der Waals surface area contributed by atoms with Crippen LogP contribution in [-0.2, 0) is 27.9 Å². The van der Waals surface area contributed by atoms with Gasteiger partial charge in [0.25, 0.3) is 0 Å². The number of carbonyl (C=O) groups excluding carboxylic acids is 2. The predicted molar refractivity (Wildman–Crippen MR) is 174 cm³/mol. The smallest absolute Gasteiger partial charge is 0.370 e. The number of hydrogen-bond acceptors (Lipinski definition) is 9. The summed E-state index contributed by atoms with van der Waals surface area (Å²) < 4.78 is 43.0. The molecule has 1 atom stereocenters. The summed E-state index contributed by atoms with van der Waals surface area (Å²) in [6.45, 7) is 13.7. The molecular weight excluding hydrogens is 777 g/mol. The molecule has 1 unspecified atom stereocenters. The highest BCUT2D eigenvalue weighted by atomic mass is 127. The van der Waals surface area contributed by atoms with E-state index in [1.54, 1.807) is 71.9 Å². The van der Waals surface area contributed by atoms with E-state index in [9.17, 15) is 19.3 Å². The Morgan fingerprint density at radius 3 is 2.07 bits per heavy atom. The van der Waals surface area contributed by atoms with Crippen LogP contribution in [0.1, 0.15) is 73.3 Å². The molecule has 0 saturated heterocycles. The molecule has 2 aromatic rings. The van der Waals surface area contributed by atoms with E-state index in [-0.39, 0.29) is 30.5 Å². The van der Waals surface area contributed by atoms with Gasteiger partial charge in [-0.1, -0.05) is 34.6 Å². The zero-order chi connectivity index (χ0) is 31.2. The molecule has 9 nitrogen and oxygen atoms in total.